The molecule has 0 aliphatic carbocycles. The molecule has 1 amide bonds. The summed E-state index contributed by atoms with van der Waals surface area (Å²) in [7, 11) is -3.99. The summed E-state index contributed by atoms with van der Waals surface area (Å²) >= 11 is 3.12. The van der Waals surface area contributed by atoms with Gasteiger partial charge in [-0.1, -0.05) is 33.6 Å². The molecule has 0 bridgehead atoms. The van der Waals surface area contributed by atoms with Crippen molar-refractivity contribution >= 4 is 43.2 Å². The van der Waals surface area contributed by atoms with E-state index in [0.29, 0.717) is 11.0 Å². The van der Waals surface area contributed by atoms with E-state index < -0.39 is 33.1 Å². The number of carbonyl (C=O) groups is 1. The monoisotopic (exact) mass is 563 g/mol. The number of anilines is 2. The Morgan fingerprint density at radius 1 is 1.00 bits per heavy atom. The topological polar surface area (TPSA) is 69.7 Å². The number of hydrogen-bond acceptors (Lipinski definition) is 4. The zero-order valence-electron chi connectivity index (χ0n) is 19.1. The van der Waals surface area contributed by atoms with Gasteiger partial charge in [0.05, 0.1) is 16.1 Å². The van der Waals surface area contributed by atoms with E-state index in [9.17, 15) is 22.0 Å². The van der Waals surface area contributed by atoms with Gasteiger partial charge >= 0.3 is 0 Å². The van der Waals surface area contributed by atoms with Crippen LogP contribution in [0.4, 0.5) is 20.2 Å². The Hall–Kier alpha value is -2.82. The van der Waals surface area contributed by atoms with Crippen molar-refractivity contribution in [2.75, 3.05) is 29.9 Å². The molecular formula is C25H24BrF2N3O3S. The maximum Gasteiger partial charge on any atom is 0.258 e. The lowest BCUT2D eigenvalue weighted by Gasteiger charge is -2.40. The van der Waals surface area contributed by atoms with E-state index in [0.717, 1.165) is 35.5 Å². The number of nitrogens with zero attached hydrogens (tertiary/aromatic N) is 2. The number of benzene rings is 3. The predicted molar refractivity (Wildman–Crippen MR) is 135 cm³/mol. The van der Waals surface area contributed by atoms with Gasteiger partial charge in [0.25, 0.3) is 5.91 Å². The van der Waals surface area contributed by atoms with Crippen molar-refractivity contribution in [1.29, 1.82) is 0 Å². The fourth-order valence-electron chi connectivity index (χ4n) is 4.03. The molecule has 1 saturated heterocycles. The molecule has 1 N–H and O–H groups in total. The molecule has 0 aromatic heterocycles. The highest BCUT2D eigenvalue weighted by atomic mass is 79.9. The van der Waals surface area contributed by atoms with Gasteiger partial charge in [-0.3, -0.25) is 4.79 Å². The smallest absolute Gasteiger partial charge is 0.258 e. The number of carbonyl (C=O) groups excluding carboxylic acids is 1. The lowest BCUT2D eigenvalue weighted by atomic mass is 10.1. The van der Waals surface area contributed by atoms with Crippen molar-refractivity contribution in [2.45, 2.75) is 24.8 Å². The van der Waals surface area contributed by atoms with Crippen LogP contribution in [0, 0.1) is 18.6 Å². The van der Waals surface area contributed by atoms with E-state index >= 15 is 0 Å². The number of hydrogen-bond donors (Lipinski definition) is 1. The Kier molecular flexibility index (Phi) is 7.25. The first-order valence-electron chi connectivity index (χ1n) is 11.0. The van der Waals surface area contributed by atoms with Crippen LogP contribution in [0.2, 0.25) is 0 Å². The van der Waals surface area contributed by atoms with Crippen LogP contribution in [0.15, 0.2) is 70.0 Å². The molecule has 6 nitrogen and oxygen atoms in total. The summed E-state index contributed by atoms with van der Waals surface area (Å²) in [5.41, 5.74) is 1.52. The maximum atomic E-state index is 14.5. The Bertz CT molecular complexity index is 1370. The predicted octanol–water partition coefficient (Wildman–Crippen LogP) is 5.19. The molecule has 1 heterocycles. The molecule has 1 unspecified atom stereocenters. The molecule has 10 heteroatoms. The fraction of sp³-hybridized carbons (Fsp3) is 0.240. The second-order valence-electron chi connectivity index (χ2n) is 8.46. The van der Waals surface area contributed by atoms with Crippen LogP contribution >= 0.6 is 15.9 Å². The van der Waals surface area contributed by atoms with E-state index in [-0.39, 0.29) is 29.7 Å². The maximum absolute atomic E-state index is 14.5. The van der Waals surface area contributed by atoms with E-state index in [1.165, 1.54) is 16.4 Å². The molecule has 184 valence electrons. The van der Waals surface area contributed by atoms with Crippen LogP contribution in [0.1, 0.15) is 22.8 Å². The number of nitrogens with one attached hydrogen (secondary N) is 1. The van der Waals surface area contributed by atoms with E-state index in [1.807, 2.05) is 38.1 Å². The number of rotatable bonds is 5. The second-order valence-corrected chi connectivity index (χ2v) is 11.3. The summed E-state index contributed by atoms with van der Waals surface area (Å²) in [6, 6.07) is 15.0. The summed E-state index contributed by atoms with van der Waals surface area (Å²) in [5, 5.41) is 2.30. The van der Waals surface area contributed by atoms with Crippen molar-refractivity contribution < 1.29 is 22.0 Å². The molecule has 1 fully saturated rings. The minimum atomic E-state index is -3.99. The zero-order chi connectivity index (χ0) is 25.3. The van der Waals surface area contributed by atoms with E-state index in [1.54, 1.807) is 0 Å². The summed E-state index contributed by atoms with van der Waals surface area (Å²) in [6.07, 6.45) is 0. The SMILES string of the molecule is Cc1ccc(N2CCN(S(=O)(=O)c3ccc(F)c(C(=O)Nc4ccc(Br)cc4F)c3)CC2C)cc1. The molecule has 3 aromatic carbocycles. The van der Waals surface area contributed by atoms with Gasteiger partial charge in [-0.05, 0) is 62.4 Å². The minimum absolute atomic E-state index is 0.0928. The first-order chi connectivity index (χ1) is 16.6. The molecule has 35 heavy (non-hydrogen) atoms. The Labute approximate surface area is 211 Å². The van der Waals surface area contributed by atoms with Gasteiger partial charge in [0, 0.05) is 35.8 Å². The summed E-state index contributed by atoms with van der Waals surface area (Å²) in [4.78, 5) is 14.6. The molecule has 1 aliphatic rings. The van der Waals surface area contributed by atoms with Crippen molar-refractivity contribution in [3.8, 4) is 0 Å². The van der Waals surface area contributed by atoms with Crippen molar-refractivity contribution in [1.82, 2.24) is 4.31 Å². The number of amides is 1. The fourth-order valence-corrected chi connectivity index (χ4v) is 5.90. The Balaban J connectivity index is 1.54. The average molecular weight is 564 g/mol. The highest BCUT2D eigenvalue weighted by Gasteiger charge is 2.33. The van der Waals surface area contributed by atoms with E-state index in [4.69, 9.17) is 0 Å². The number of sulfonamides is 1. The van der Waals surface area contributed by atoms with Gasteiger partial charge in [0.1, 0.15) is 11.6 Å². The third-order valence-electron chi connectivity index (χ3n) is 5.96. The average Bonchev–Trinajstić information content (AvgIpc) is 2.81. The molecule has 0 saturated carbocycles. The van der Waals surface area contributed by atoms with Crippen LogP contribution in [-0.2, 0) is 10.0 Å². The normalized spacial score (nSPS) is 16.8. The number of piperazine rings is 1. The van der Waals surface area contributed by atoms with Gasteiger partial charge in [-0.2, -0.15) is 4.31 Å². The third kappa shape index (κ3) is 5.39. The molecular weight excluding hydrogens is 540 g/mol. The van der Waals surface area contributed by atoms with Crippen LogP contribution in [0.3, 0.4) is 0 Å². The van der Waals surface area contributed by atoms with Crippen LogP contribution < -0.4 is 10.2 Å². The van der Waals surface area contributed by atoms with Gasteiger partial charge < -0.3 is 10.2 Å². The minimum Gasteiger partial charge on any atom is -0.366 e. The first kappa shape index (κ1) is 25.3. The molecule has 1 atom stereocenters. The van der Waals surface area contributed by atoms with Crippen molar-refractivity contribution in [3.05, 3.63) is 87.9 Å². The largest absolute Gasteiger partial charge is 0.366 e. The Morgan fingerprint density at radius 2 is 1.71 bits per heavy atom. The number of aryl methyl sites for hydroxylation is 1. The Morgan fingerprint density at radius 3 is 2.37 bits per heavy atom. The van der Waals surface area contributed by atoms with Crippen LogP contribution in [0.25, 0.3) is 0 Å². The summed E-state index contributed by atoms with van der Waals surface area (Å²) in [5.74, 6) is -2.56. The lowest BCUT2D eigenvalue weighted by Crippen LogP contribution is -2.53. The summed E-state index contributed by atoms with van der Waals surface area (Å²) in [6.45, 7) is 4.91. The standard InChI is InChI=1S/C25H24BrF2N3O3S/c1-16-3-6-19(7-4-16)31-12-11-30(15-17(31)2)35(33,34)20-8-9-22(27)21(14-20)25(32)29-24-10-5-18(26)13-23(24)28/h3-10,13-14,17H,11-12,15H2,1-2H3,(H,29,32). The van der Waals surface area contributed by atoms with Gasteiger partial charge in [0.15, 0.2) is 0 Å². The molecule has 3 aromatic rings. The summed E-state index contributed by atoms with van der Waals surface area (Å²) < 4.78 is 57.1. The van der Waals surface area contributed by atoms with Gasteiger partial charge in [-0.25, -0.2) is 17.2 Å². The lowest BCUT2D eigenvalue weighted by molar-refractivity contribution is 0.102. The second kappa shape index (κ2) is 10.0. The highest BCUT2D eigenvalue weighted by Crippen LogP contribution is 2.27. The van der Waals surface area contributed by atoms with Gasteiger partial charge in [0.2, 0.25) is 10.0 Å². The third-order valence-corrected chi connectivity index (χ3v) is 8.31. The van der Waals surface area contributed by atoms with Crippen LogP contribution in [0.5, 0.6) is 0 Å². The molecule has 1 aliphatic heterocycles. The van der Waals surface area contributed by atoms with Crippen molar-refractivity contribution in [3.63, 3.8) is 0 Å². The van der Waals surface area contributed by atoms with Gasteiger partial charge in [-0.15, -0.1) is 0 Å². The van der Waals surface area contributed by atoms with Crippen molar-refractivity contribution in [2.24, 2.45) is 0 Å². The quantitative estimate of drug-likeness (QED) is 0.464. The first-order valence-corrected chi connectivity index (χ1v) is 13.2. The molecule has 4 rings (SSSR count). The molecule has 0 spiro atoms. The zero-order valence-corrected chi connectivity index (χ0v) is 21.5. The molecule has 0 radical (unpaired) electrons. The highest BCUT2D eigenvalue weighted by molar-refractivity contribution is 9.10. The van der Waals surface area contributed by atoms with E-state index in [2.05, 4.69) is 26.1 Å². The number of halogens is 3. The van der Waals surface area contributed by atoms with Crippen LogP contribution in [-0.4, -0.2) is 44.3 Å².